The lowest BCUT2D eigenvalue weighted by atomic mass is 10.1. The van der Waals surface area contributed by atoms with E-state index in [1.807, 2.05) is 17.0 Å². The number of rotatable bonds is 6. The first kappa shape index (κ1) is 16.4. The van der Waals surface area contributed by atoms with Crippen molar-refractivity contribution >= 4 is 11.9 Å². The van der Waals surface area contributed by atoms with Gasteiger partial charge in [0.05, 0.1) is 0 Å². The highest BCUT2D eigenvalue weighted by Crippen LogP contribution is 2.12. The van der Waals surface area contributed by atoms with E-state index < -0.39 is 0 Å². The largest absolute Gasteiger partial charge is 0.339 e. The van der Waals surface area contributed by atoms with Gasteiger partial charge in [0.2, 0.25) is 11.9 Å². The third-order valence-corrected chi connectivity index (χ3v) is 4.42. The number of aryl methyl sites for hydroxylation is 1. The zero-order valence-corrected chi connectivity index (χ0v) is 14.0. The van der Waals surface area contributed by atoms with E-state index in [0.29, 0.717) is 6.42 Å². The predicted molar refractivity (Wildman–Crippen MR) is 94.8 cm³/mol. The highest BCUT2D eigenvalue weighted by molar-refractivity contribution is 5.76. The Bertz CT molecular complexity index is 624. The van der Waals surface area contributed by atoms with Crippen LogP contribution in [0.3, 0.4) is 0 Å². The molecule has 0 atom stereocenters. The zero-order chi connectivity index (χ0) is 16.6. The van der Waals surface area contributed by atoms with Gasteiger partial charge in [0.1, 0.15) is 0 Å². The van der Waals surface area contributed by atoms with Gasteiger partial charge in [-0.25, -0.2) is 9.97 Å². The number of unbranched alkanes of at least 4 members (excludes halogenated alkanes) is 1. The molecule has 1 aromatic carbocycles. The first-order chi connectivity index (χ1) is 11.8. The second-order valence-electron chi connectivity index (χ2n) is 6.11. The topological polar surface area (TPSA) is 49.3 Å². The molecule has 1 aromatic heterocycles. The number of aromatic nitrogens is 2. The second-order valence-corrected chi connectivity index (χ2v) is 6.11. The summed E-state index contributed by atoms with van der Waals surface area (Å²) in [6, 6.07) is 12.3. The number of carbonyl (C=O) groups is 1. The third-order valence-electron chi connectivity index (χ3n) is 4.42. The minimum Gasteiger partial charge on any atom is -0.339 e. The average Bonchev–Trinajstić information content (AvgIpc) is 2.67. The lowest BCUT2D eigenvalue weighted by Crippen LogP contribution is -2.49. The summed E-state index contributed by atoms with van der Waals surface area (Å²) in [6.45, 7) is 3.13. The highest BCUT2D eigenvalue weighted by Gasteiger charge is 2.21. The van der Waals surface area contributed by atoms with Gasteiger partial charge in [-0.2, -0.15) is 0 Å². The van der Waals surface area contributed by atoms with E-state index in [1.165, 1.54) is 5.56 Å². The minimum absolute atomic E-state index is 0.275. The summed E-state index contributed by atoms with van der Waals surface area (Å²) in [4.78, 5) is 25.0. The second kappa shape index (κ2) is 8.43. The molecule has 126 valence electrons. The van der Waals surface area contributed by atoms with Crippen LogP contribution in [0, 0.1) is 0 Å². The van der Waals surface area contributed by atoms with Crippen molar-refractivity contribution in [3.05, 3.63) is 54.4 Å². The lowest BCUT2D eigenvalue weighted by Gasteiger charge is -2.34. The summed E-state index contributed by atoms with van der Waals surface area (Å²) >= 11 is 0. The van der Waals surface area contributed by atoms with Crippen LogP contribution in [-0.2, 0) is 11.2 Å². The number of benzene rings is 1. The maximum atomic E-state index is 12.3. The van der Waals surface area contributed by atoms with Gasteiger partial charge in [-0.3, -0.25) is 4.79 Å². The first-order valence-electron chi connectivity index (χ1n) is 8.66. The minimum atomic E-state index is 0.275. The van der Waals surface area contributed by atoms with E-state index in [2.05, 4.69) is 39.1 Å². The van der Waals surface area contributed by atoms with Gasteiger partial charge in [0, 0.05) is 45.0 Å². The van der Waals surface area contributed by atoms with E-state index in [1.54, 1.807) is 12.4 Å². The molecule has 2 aromatic rings. The van der Waals surface area contributed by atoms with E-state index in [-0.39, 0.29) is 5.91 Å². The molecule has 1 aliphatic rings. The van der Waals surface area contributed by atoms with Crippen molar-refractivity contribution in [2.24, 2.45) is 0 Å². The average molecular weight is 324 g/mol. The standard InChI is InChI=1S/C19H24N4O/c24-18(10-5-4-9-17-7-2-1-3-8-17)22-13-15-23(16-14-22)19-20-11-6-12-21-19/h1-3,6-8,11-12H,4-5,9-10,13-16H2. The maximum absolute atomic E-state index is 12.3. The van der Waals surface area contributed by atoms with Crippen LogP contribution >= 0.6 is 0 Å². The molecular weight excluding hydrogens is 300 g/mol. The van der Waals surface area contributed by atoms with Crippen LogP contribution in [0.25, 0.3) is 0 Å². The van der Waals surface area contributed by atoms with E-state index in [9.17, 15) is 4.79 Å². The van der Waals surface area contributed by atoms with Crippen molar-refractivity contribution in [1.29, 1.82) is 0 Å². The van der Waals surface area contributed by atoms with Crippen molar-refractivity contribution in [2.75, 3.05) is 31.1 Å². The van der Waals surface area contributed by atoms with Crippen molar-refractivity contribution in [3.63, 3.8) is 0 Å². The highest BCUT2D eigenvalue weighted by atomic mass is 16.2. The van der Waals surface area contributed by atoms with Crippen molar-refractivity contribution in [2.45, 2.75) is 25.7 Å². The molecule has 24 heavy (non-hydrogen) atoms. The molecule has 5 nitrogen and oxygen atoms in total. The molecule has 0 aliphatic carbocycles. The Morgan fingerprint density at radius 3 is 2.33 bits per heavy atom. The van der Waals surface area contributed by atoms with E-state index in [0.717, 1.165) is 51.4 Å². The number of anilines is 1. The summed E-state index contributed by atoms with van der Waals surface area (Å²) in [5.74, 6) is 1.03. The Morgan fingerprint density at radius 1 is 0.917 bits per heavy atom. The number of nitrogens with zero attached hydrogens (tertiary/aromatic N) is 4. The van der Waals surface area contributed by atoms with Crippen molar-refractivity contribution in [3.8, 4) is 0 Å². The molecule has 5 heteroatoms. The van der Waals surface area contributed by atoms with Crippen LogP contribution in [0.4, 0.5) is 5.95 Å². The Balaban J connectivity index is 1.36. The molecule has 0 unspecified atom stereocenters. The Kier molecular flexibility index (Phi) is 5.77. The van der Waals surface area contributed by atoms with Gasteiger partial charge >= 0.3 is 0 Å². The fourth-order valence-corrected chi connectivity index (χ4v) is 3.02. The summed E-state index contributed by atoms with van der Waals surface area (Å²) in [6.07, 6.45) is 7.23. The fraction of sp³-hybridized carbons (Fsp3) is 0.421. The zero-order valence-electron chi connectivity index (χ0n) is 14.0. The van der Waals surface area contributed by atoms with Crippen LogP contribution in [0.1, 0.15) is 24.8 Å². The number of hydrogen-bond donors (Lipinski definition) is 0. The summed E-state index contributed by atoms with van der Waals surface area (Å²) in [5, 5.41) is 0. The monoisotopic (exact) mass is 324 g/mol. The fourth-order valence-electron chi connectivity index (χ4n) is 3.02. The van der Waals surface area contributed by atoms with Gasteiger partial charge in [0.15, 0.2) is 0 Å². The van der Waals surface area contributed by atoms with Gasteiger partial charge in [-0.05, 0) is 30.9 Å². The molecular formula is C19H24N4O. The molecule has 0 bridgehead atoms. The van der Waals surface area contributed by atoms with Crippen LogP contribution in [0.2, 0.25) is 0 Å². The molecule has 0 saturated carbocycles. The Morgan fingerprint density at radius 2 is 1.62 bits per heavy atom. The molecule has 0 radical (unpaired) electrons. The van der Waals surface area contributed by atoms with Crippen LogP contribution in [-0.4, -0.2) is 47.0 Å². The molecule has 2 heterocycles. The van der Waals surface area contributed by atoms with Gasteiger partial charge in [0.25, 0.3) is 0 Å². The van der Waals surface area contributed by atoms with Gasteiger partial charge in [-0.1, -0.05) is 30.3 Å². The number of carbonyl (C=O) groups excluding carboxylic acids is 1. The summed E-state index contributed by atoms with van der Waals surface area (Å²) < 4.78 is 0. The quantitative estimate of drug-likeness (QED) is 0.766. The van der Waals surface area contributed by atoms with Crippen LogP contribution in [0.5, 0.6) is 0 Å². The lowest BCUT2D eigenvalue weighted by molar-refractivity contribution is -0.131. The molecule has 1 fully saturated rings. The van der Waals surface area contributed by atoms with Gasteiger partial charge in [-0.15, -0.1) is 0 Å². The number of hydrogen-bond acceptors (Lipinski definition) is 4. The van der Waals surface area contributed by atoms with Gasteiger partial charge < -0.3 is 9.80 Å². The Hall–Kier alpha value is -2.43. The number of piperazine rings is 1. The SMILES string of the molecule is O=C(CCCCc1ccccc1)N1CCN(c2ncccn2)CC1. The number of amides is 1. The van der Waals surface area contributed by atoms with Crippen LogP contribution in [0.15, 0.2) is 48.8 Å². The molecule has 0 N–H and O–H groups in total. The van der Waals surface area contributed by atoms with Crippen molar-refractivity contribution < 1.29 is 4.79 Å². The normalized spacial score (nSPS) is 14.7. The van der Waals surface area contributed by atoms with E-state index >= 15 is 0 Å². The van der Waals surface area contributed by atoms with Crippen LogP contribution < -0.4 is 4.90 Å². The Labute approximate surface area is 143 Å². The molecule has 3 rings (SSSR count). The smallest absolute Gasteiger partial charge is 0.225 e. The third kappa shape index (κ3) is 4.54. The summed E-state index contributed by atoms with van der Waals surface area (Å²) in [5.41, 5.74) is 1.35. The predicted octanol–water partition coefficient (Wildman–Crippen LogP) is 2.54. The molecule has 1 saturated heterocycles. The van der Waals surface area contributed by atoms with E-state index in [4.69, 9.17) is 0 Å². The molecule has 1 aliphatic heterocycles. The molecule has 0 spiro atoms. The maximum Gasteiger partial charge on any atom is 0.225 e. The summed E-state index contributed by atoms with van der Waals surface area (Å²) in [7, 11) is 0. The first-order valence-corrected chi connectivity index (χ1v) is 8.66. The van der Waals surface area contributed by atoms with Crippen molar-refractivity contribution in [1.82, 2.24) is 14.9 Å². The molecule has 1 amide bonds.